The van der Waals surface area contributed by atoms with E-state index in [1.807, 2.05) is 18.2 Å². The summed E-state index contributed by atoms with van der Waals surface area (Å²) in [5.41, 5.74) is 2.11. The van der Waals surface area contributed by atoms with Crippen molar-refractivity contribution in [3.63, 3.8) is 0 Å². The molecule has 0 aliphatic heterocycles. The predicted molar refractivity (Wildman–Crippen MR) is 79.3 cm³/mol. The van der Waals surface area contributed by atoms with Crippen LogP contribution in [0.15, 0.2) is 54.6 Å². The summed E-state index contributed by atoms with van der Waals surface area (Å²) < 4.78 is 28.3. The quantitative estimate of drug-likeness (QED) is 0.573. The van der Waals surface area contributed by atoms with Crippen molar-refractivity contribution in [1.82, 2.24) is 0 Å². The SMILES string of the molecule is FC(F)Oc1ccc(C#CCCCc2ccccc2)cc1. The van der Waals surface area contributed by atoms with Crippen LogP contribution in [0.3, 0.4) is 0 Å². The zero-order valence-electron chi connectivity index (χ0n) is 11.6. The van der Waals surface area contributed by atoms with E-state index < -0.39 is 6.61 Å². The van der Waals surface area contributed by atoms with Gasteiger partial charge in [-0.15, -0.1) is 0 Å². The monoisotopic (exact) mass is 286 g/mol. The molecule has 0 atom stereocenters. The van der Waals surface area contributed by atoms with Crippen molar-refractivity contribution in [2.24, 2.45) is 0 Å². The Balaban J connectivity index is 1.77. The second kappa shape index (κ2) is 8.06. The van der Waals surface area contributed by atoms with Gasteiger partial charge in [-0.1, -0.05) is 42.2 Å². The maximum Gasteiger partial charge on any atom is 0.387 e. The number of rotatable bonds is 5. The van der Waals surface area contributed by atoms with Gasteiger partial charge in [0.2, 0.25) is 0 Å². The number of benzene rings is 2. The van der Waals surface area contributed by atoms with Crippen molar-refractivity contribution >= 4 is 0 Å². The maximum absolute atomic E-state index is 12.0. The van der Waals surface area contributed by atoms with Gasteiger partial charge in [0, 0.05) is 12.0 Å². The number of aryl methyl sites for hydroxylation is 1. The van der Waals surface area contributed by atoms with E-state index in [1.54, 1.807) is 12.1 Å². The molecule has 108 valence electrons. The van der Waals surface area contributed by atoms with E-state index in [2.05, 4.69) is 28.7 Å². The molecule has 2 rings (SSSR count). The predicted octanol–water partition coefficient (Wildman–Crippen LogP) is 4.66. The molecule has 0 radical (unpaired) electrons. The van der Waals surface area contributed by atoms with Crippen LogP contribution in [0.2, 0.25) is 0 Å². The fourth-order valence-corrected chi connectivity index (χ4v) is 1.91. The Bertz CT molecular complexity index is 595. The number of ether oxygens (including phenoxy) is 1. The molecule has 0 aliphatic rings. The zero-order valence-corrected chi connectivity index (χ0v) is 11.6. The summed E-state index contributed by atoms with van der Waals surface area (Å²) in [6.07, 6.45) is 2.82. The lowest BCUT2D eigenvalue weighted by Crippen LogP contribution is -2.01. The number of halogens is 2. The minimum atomic E-state index is -2.79. The molecule has 0 aliphatic carbocycles. The third kappa shape index (κ3) is 5.66. The molecule has 0 saturated carbocycles. The highest BCUT2D eigenvalue weighted by atomic mass is 19.3. The molecule has 0 N–H and O–H groups in total. The van der Waals surface area contributed by atoms with Crippen LogP contribution in [0.4, 0.5) is 8.78 Å². The van der Waals surface area contributed by atoms with E-state index in [-0.39, 0.29) is 5.75 Å². The third-order valence-corrected chi connectivity index (χ3v) is 2.92. The van der Waals surface area contributed by atoms with Gasteiger partial charge in [-0.3, -0.25) is 0 Å². The van der Waals surface area contributed by atoms with E-state index in [0.717, 1.165) is 24.8 Å². The topological polar surface area (TPSA) is 9.23 Å². The summed E-state index contributed by atoms with van der Waals surface area (Å²) in [6.45, 7) is -2.79. The number of hydrogen-bond acceptors (Lipinski definition) is 1. The summed E-state index contributed by atoms with van der Waals surface area (Å²) in [5, 5.41) is 0. The molecule has 0 fully saturated rings. The van der Waals surface area contributed by atoms with Crippen LogP contribution in [0.25, 0.3) is 0 Å². The van der Waals surface area contributed by atoms with Crippen LogP contribution in [0.1, 0.15) is 24.0 Å². The molecule has 0 saturated heterocycles. The van der Waals surface area contributed by atoms with Gasteiger partial charge in [0.15, 0.2) is 0 Å². The van der Waals surface area contributed by atoms with E-state index in [0.29, 0.717) is 0 Å². The first-order chi connectivity index (χ1) is 10.2. The standard InChI is InChI=1S/C18H16F2O/c19-18(20)21-17-13-11-16(12-14-17)10-6-2-5-9-15-7-3-1-4-8-15/h1,3-4,7-8,11-14,18H,2,5,9H2. The Labute approximate surface area is 123 Å². The number of unbranched alkanes of at least 4 members (excludes halogenated alkanes) is 1. The summed E-state index contributed by atoms with van der Waals surface area (Å²) in [5.74, 6) is 6.26. The average molecular weight is 286 g/mol. The summed E-state index contributed by atoms with van der Waals surface area (Å²) >= 11 is 0. The van der Waals surface area contributed by atoms with E-state index >= 15 is 0 Å². The minimum Gasteiger partial charge on any atom is -0.435 e. The third-order valence-electron chi connectivity index (χ3n) is 2.92. The average Bonchev–Trinajstić information content (AvgIpc) is 2.49. The van der Waals surface area contributed by atoms with Gasteiger partial charge in [-0.2, -0.15) is 8.78 Å². The van der Waals surface area contributed by atoms with Crippen LogP contribution in [0, 0.1) is 11.8 Å². The summed E-state index contributed by atoms with van der Waals surface area (Å²) in [7, 11) is 0. The van der Waals surface area contributed by atoms with Crippen molar-refractivity contribution in [1.29, 1.82) is 0 Å². The lowest BCUT2D eigenvalue weighted by Gasteiger charge is -2.03. The molecule has 3 heteroatoms. The van der Waals surface area contributed by atoms with Gasteiger partial charge >= 0.3 is 6.61 Å². The lowest BCUT2D eigenvalue weighted by molar-refractivity contribution is -0.0498. The normalized spacial score (nSPS) is 10.0. The molecule has 2 aromatic carbocycles. The summed E-state index contributed by atoms with van der Waals surface area (Å²) in [6, 6.07) is 16.6. The van der Waals surface area contributed by atoms with Crippen LogP contribution in [-0.2, 0) is 6.42 Å². The first-order valence-corrected chi connectivity index (χ1v) is 6.82. The Hall–Kier alpha value is -2.34. The maximum atomic E-state index is 12.0. The van der Waals surface area contributed by atoms with Gasteiger partial charge in [-0.05, 0) is 42.7 Å². The van der Waals surface area contributed by atoms with Crippen molar-refractivity contribution in [2.75, 3.05) is 0 Å². The van der Waals surface area contributed by atoms with E-state index in [4.69, 9.17) is 0 Å². The Morgan fingerprint density at radius 1 is 0.952 bits per heavy atom. The zero-order chi connectivity index (χ0) is 14.9. The van der Waals surface area contributed by atoms with Gasteiger partial charge in [0.1, 0.15) is 5.75 Å². The van der Waals surface area contributed by atoms with E-state index in [9.17, 15) is 8.78 Å². The highest BCUT2D eigenvalue weighted by Gasteiger charge is 2.02. The molecule has 0 bridgehead atoms. The highest BCUT2D eigenvalue weighted by molar-refractivity contribution is 5.38. The first kappa shape index (κ1) is 15.1. The second-order valence-electron chi connectivity index (χ2n) is 4.54. The van der Waals surface area contributed by atoms with Crippen molar-refractivity contribution in [2.45, 2.75) is 25.9 Å². The first-order valence-electron chi connectivity index (χ1n) is 6.82. The van der Waals surface area contributed by atoms with Gasteiger partial charge < -0.3 is 4.74 Å². The Morgan fingerprint density at radius 3 is 2.33 bits per heavy atom. The number of alkyl halides is 2. The molecule has 1 nitrogen and oxygen atoms in total. The molecule has 0 amide bonds. The minimum absolute atomic E-state index is 0.152. The Morgan fingerprint density at radius 2 is 1.67 bits per heavy atom. The molecule has 0 spiro atoms. The molecule has 21 heavy (non-hydrogen) atoms. The molecule has 0 unspecified atom stereocenters. The molecular weight excluding hydrogens is 270 g/mol. The van der Waals surface area contributed by atoms with Crippen LogP contribution in [0.5, 0.6) is 5.75 Å². The van der Waals surface area contributed by atoms with E-state index in [1.165, 1.54) is 17.7 Å². The van der Waals surface area contributed by atoms with Crippen molar-refractivity contribution < 1.29 is 13.5 Å². The lowest BCUT2D eigenvalue weighted by atomic mass is 10.1. The van der Waals surface area contributed by atoms with Crippen LogP contribution in [-0.4, -0.2) is 6.61 Å². The molecule has 0 heterocycles. The molecule has 2 aromatic rings. The highest BCUT2D eigenvalue weighted by Crippen LogP contribution is 2.14. The van der Waals surface area contributed by atoms with Gasteiger partial charge in [0.25, 0.3) is 0 Å². The second-order valence-corrected chi connectivity index (χ2v) is 4.54. The van der Waals surface area contributed by atoms with Crippen LogP contribution >= 0.6 is 0 Å². The summed E-state index contributed by atoms with van der Waals surface area (Å²) in [4.78, 5) is 0. The Kier molecular flexibility index (Phi) is 5.78. The van der Waals surface area contributed by atoms with Crippen LogP contribution < -0.4 is 4.74 Å². The fraction of sp³-hybridized carbons (Fsp3) is 0.222. The number of hydrogen-bond donors (Lipinski definition) is 0. The molecule has 0 aromatic heterocycles. The van der Waals surface area contributed by atoms with Crippen molar-refractivity contribution in [3.8, 4) is 17.6 Å². The van der Waals surface area contributed by atoms with Gasteiger partial charge in [0.05, 0.1) is 0 Å². The molecular formula is C18H16F2O. The van der Waals surface area contributed by atoms with Gasteiger partial charge in [-0.25, -0.2) is 0 Å². The largest absolute Gasteiger partial charge is 0.435 e. The smallest absolute Gasteiger partial charge is 0.387 e. The van der Waals surface area contributed by atoms with Crippen molar-refractivity contribution in [3.05, 3.63) is 65.7 Å². The fourth-order valence-electron chi connectivity index (χ4n) is 1.91.